The highest BCUT2D eigenvalue weighted by molar-refractivity contribution is 6.33. The molecule has 6 nitrogen and oxygen atoms in total. The number of nitro benzene ring substituents is 1. The van der Waals surface area contributed by atoms with Crippen LogP contribution < -0.4 is 10.1 Å². The molecule has 1 aliphatic carbocycles. The lowest BCUT2D eigenvalue weighted by Gasteiger charge is -2.30. The van der Waals surface area contributed by atoms with Gasteiger partial charge in [-0.15, -0.1) is 0 Å². The van der Waals surface area contributed by atoms with Crippen LogP contribution in [-0.4, -0.2) is 24.5 Å². The zero-order chi connectivity index (χ0) is 19.4. The summed E-state index contributed by atoms with van der Waals surface area (Å²) in [6, 6.07) is 11.8. The van der Waals surface area contributed by atoms with Crippen LogP contribution in [0.25, 0.3) is 0 Å². The molecule has 2 aromatic carbocycles. The molecule has 0 bridgehead atoms. The third-order valence-corrected chi connectivity index (χ3v) is 5.59. The summed E-state index contributed by atoms with van der Waals surface area (Å²) >= 11 is 6.08. The van der Waals surface area contributed by atoms with E-state index in [1.54, 1.807) is 7.11 Å². The van der Waals surface area contributed by atoms with Gasteiger partial charge in [-0.2, -0.15) is 0 Å². The molecule has 0 aromatic heterocycles. The lowest BCUT2D eigenvalue weighted by Crippen LogP contribution is -2.39. The van der Waals surface area contributed by atoms with Crippen LogP contribution >= 0.6 is 11.6 Å². The van der Waals surface area contributed by atoms with E-state index in [1.807, 2.05) is 24.3 Å². The highest BCUT2D eigenvalue weighted by atomic mass is 35.5. The van der Waals surface area contributed by atoms with Crippen molar-refractivity contribution in [3.05, 3.63) is 68.7 Å². The van der Waals surface area contributed by atoms with Crippen molar-refractivity contribution in [3.63, 3.8) is 0 Å². The Hall–Kier alpha value is -2.60. The van der Waals surface area contributed by atoms with Crippen molar-refractivity contribution in [1.29, 1.82) is 0 Å². The number of hydrogen-bond acceptors (Lipinski definition) is 4. The van der Waals surface area contributed by atoms with Crippen molar-refractivity contribution >= 4 is 23.2 Å². The van der Waals surface area contributed by atoms with E-state index in [2.05, 4.69) is 5.32 Å². The number of nitrogens with one attached hydrogen (secondary N) is 1. The standard InChI is InChI=1S/C20H21ClN2O4/c1-27-16-7-4-14(5-8-16)20(10-2-3-11-20)13-22-19(24)17-12-15(23(25)26)6-9-18(17)21/h4-9,12H,2-3,10-11,13H2,1H3,(H,22,24). The molecule has 1 N–H and O–H groups in total. The smallest absolute Gasteiger partial charge is 0.270 e. The number of rotatable bonds is 6. The minimum absolute atomic E-state index is 0.119. The van der Waals surface area contributed by atoms with Crippen LogP contribution in [0.5, 0.6) is 5.75 Å². The van der Waals surface area contributed by atoms with Crippen LogP contribution in [0.4, 0.5) is 5.69 Å². The number of benzene rings is 2. The first kappa shape index (κ1) is 19.2. The van der Waals surface area contributed by atoms with Crippen molar-refractivity contribution in [3.8, 4) is 5.75 Å². The molecule has 1 amide bonds. The Balaban J connectivity index is 1.79. The summed E-state index contributed by atoms with van der Waals surface area (Å²) < 4.78 is 5.23. The summed E-state index contributed by atoms with van der Waals surface area (Å²) in [7, 11) is 1.63. The molecular formula is C20H21ClN2O4. The zero-order valence-electron chi connectivity index (χ0n) is 15.0. The normalized spacial score (nSPS) is 15.3. The summed E-state index contributed by atoms with van der Waals surface area (Å²) in [5, 5.41) is 14.1. The van der Waals surface area contributed by atoms with Crippen LogP contribution in [0.1, 0.15) is 41.6 Å². The molecule has 0 saturated heterocycles. The number of halogens is 1. The van der Waals surface area contributed by atoms with E-state index in [4.69, 9.17) is 16.3 Å². The lowest BCUT2D eigenvalue weighted by atomic mass is 9.78. The summed E-state index contributed by atoms with van der Waals surface area (Å²) in [6.07, 6.45) is 4.14. The molecule has 142 valence electrons. The van der Waals surface area contributed by atoms with Gasteiger partial charge in [-0.25, -0.2) is 0 Å². The molecule has 1 aliphatic rings. The maximum Gasteiger partial charge on any atom is 0.270 e. The van der Waals surface area contributed by atoms with Crippen molar-refractivity contribution in [2.24, 2.45) is 0 Å². The Kier molecular flexibility index (Phi) is 5.65. The molecule has 1 saturated carbocycles. The molecule has 2 aromatic rings. The number of nitrogens with zero attached hydrogens (tertiary/aromatic N) is 1. The molecule has 0 atom stereocenters. The van der Waals surface area contributed by atoms with E-state index in [1.165, 1.54) is 18.2 Å². The Morgan fingerprint density at radius 1 is 1.22 bits per heavy atom. The van der Waals surface area contributed by atoms with Gasteiger partial charge >= 0.3 is 0 Å². The topological polar surface area (TPSA) is 81.5 Å². The maximum absolute atomic E-state index is 12.6. The molecule has 0 aliphatic heterocycles. The highest BCUT2D eigenvalue weighted by Gasteiger charge is 2.36. The third kappa shape index (κ3) is 4.06. The van der Waals surface area contributed by atoms with Crippen LogP contribution in [0.15, 0.2) is 42.5 Å². The van der Waals surface area contributed by atoms with Gasteiger partial charge in [-0.1, -0.05) is 36.6 Å². The van der Waals surface area contributed by atoms with E-state index in [-0.39, 0.29) is 21.7 Å². The first-order valence-electron chi connectivity index (χ1n) is 8.82. The van der Waals surface area contributed by atoms with Crippen molar-refractivity contribution in [2.45, 2.75) is 31.1 Å². The third-order valence-electron chi connectivity index (χ3n) is 5.26. The van der Waals surface area contributed by atoms with Gasteiger partial charge in [0.15, 0.2) is 0 Å². The number of non-ortho nitro benzene ring substituents is 1. The van der Waals surface area contributed by atoms with Crippen molar-refractivity contribution < 1.29 is 14.5 Å². The number of methoxy groups -OCH3 is 1. The van der Waals surface area contributed by atoms with E-state index >= 15 is 0 Å². The van der Waals surface area contributed by atoms with Crippen LogP contribution in [0.2, 0.25) is 5.02 Å². The van der Waals surface area contributed by atoms with Gasteiger partial charge in [0.05, 0.1) is 22.6 Å². The summed E-state index contributed by atoms with van der Waals surface area (Å²) in [5.74, 6) is 0.391. The van der Waals surface area contributed by atoms with E-state index in [0.29, 0.717) is 6.54 Å². The SMILES string of the molecule is COc1ccc(C2(CNC(=O)c3cc([N+](=O)[O-])ccc3Cl)CCCC2)cc1. The van der Waals surface area contributed by atoms with Crippen molar-refractivity contribution in [2.75, 3.05) is 13.7 Å². The first-order valence-corrected chi connectivity index (χ1v) is 9.20. The van der Waals surface area contributed by atoms with Crippen molar-refractivity contribution in [1.82, 2.24) is 5.32 Å². The van der Waals surface area contributed by atoms with E-state index < -0.39 is 10.8 Å². The Bertz CT molecular complexity index is 846. The predicted octanol–water partition coefficient (Wildman–Crippen LogP) is 4.50. The number of nitro groups is 1. The summed E-state index contributed by atoms with van der Waals surface area (Å²) in [6.45, 7) is 0.456. The molecule has 3 rings (SSSR count). The monoisotopic (exact) mass is 388 g/mol. The van der Waals surface area contributed by atoms with Crippen LogP contribution in [0.3, 0.4) is 0 Å². The summed E-state index contributed by atoms with van der Waals surface area (Å²) in [5.41, 5.74) is 0.977. The highest BCUT2D eigenvalue weighted by Crippen LogP contribution is 2.41. The van der Waals surface area contributed by atoms with E-state index in [9.17, 15) is 14.9 Å². The van der Waals surface area contributed by atoms with Gasteiger partial charge in [0, 0.05) is 24.1 Å². The second-order valence-electron chi connectivity index (χ2n) is 6.82. The quantitative estimate of drug-likeness (QED) is 0.583. The molecular weight excluding hydrogens is 368 g/mol. The molecule has 27 heavy (non-hydrogen) atoms. The fourth-order valence-electron chi connectivity index (χ4n) is 3.71. The van der Waals surface area contributed by atoms with Gasteiger partial charge < -0.3 is 10.1 Å². The average molecular weight is 389 g/mol. The Morgan fingerprint density at radius 3 is 2.48 bits per heavy atom. The second kappa shape index (κ2) is 7.96. The number of hydrogen-bond donors (Lipinski definition) is 1. The van der Waals surface area contributed by atoms with Crippen LogP contribution in [0, 0.1) is 10.1 Å². The average Bonchev–Trinajstić information content (AvgIpc) is 3.16. The Labute approximate surface area is 162 Å². The number of carbonyl (C=O) groups excluding carboxylic acids is 1. The number of carbonyl (C=O) groups is 1. The molecule has 0 radical (unpaired) electrons. The van der Waals surface area contributed by atoms with Gasteiger partial charge in [0.25, 0.3) is 11.6 Å². The van der Waals surface area contributed by atoms with Crippen LogP contribution in [-0.2, 0) is 5.41 Å². The largest absolute Gasteiger partial charge is 0.497 e. The van der Waals surface area contributed by atoms with Gasteiger partial charge in [-0.3, -0.25) is 14.9 Å². The summed E-state index contributed by atoms with van der Waals surface area (Å²) in [4.78, 5) is 23.1. The fourth-order valence-corrected chi connectivity index (χ4v) is 3.91. The molecule has 0 spiro atoms. The maximum atomic E-state index is 12.6. The number of ether oxygens (including phenoxy) is 1. The molecule has 1 fully saturated rings. The molecule has 0 heterocycles. The van der Waals surface area contributed by atoms with E-state index in [0.717, 1.165) is 37.0 Å². The van der Waals surface area contributed by atoms with Gasteiger partial charge in [-0.05, 0) is 36.6 Å². The second-order valence-corrected chi connectivity index (χ2v) is 7.23. The molecule has 0 unspecified atom stereocenters. The number of amides is 1. The lowest BCUT2D eigenvalue weighted by molar-refractivity contribution is -0.384. The minimum Gasteiger partial charge on any atom is -0.497 e. The van der Waals surface area contributed by atoms with Gasteiger partial charge in [0.1, 0.15) is 5.75 Å². The minimum atomic E-state index is -0.539. The first-order chi connectivity index (χ1) is 12.9. The predicted molar refractivity (Wildman–Crippen MR) is 104 cm³/mol. The fraction of sp³-hybridized carbons (Fsp3) is 0.350. The zero-order valence-corrected chi connectivity index (χ0v) is 15.8. The Morgan fingerprint density at radius 2 is 1.89 bits per heavy atom. The molecule has 7 heteroatoms. The van der Waals surface area contributed by atoms with Gasteiger partial charge in [0.2, 0.25) is 0 Å².